The molecule has 3 aromatic rings. The van der Waals surface area contributed by atoms with E-state index in [-0.39, 0.29) is 5.92 Å². The molecule has 0 aliphatic carbocycles. The van der Waals surface area contributed by atoms with Crippen molar-refractivity contribution in [3.8, 4) is 11.4 Å². The SMILES string of the molecule is COC(=O)c1cc(-c2noc([C@@H](C)c3cnn(C)c3)n2)cn1C. The molecule has 8 heteroatoms. The molecule has 3 rings (SSSR count). The van der Waals surface area contributed by atoms with Crippen LogP contribution in [-0.2, 0) is 18.8 Å². The monoisotopic (exact) mass is 315 g/mol. The number of aryl methyl sites for hydroxylation is 2. The summed E-state index contributed by atoms with van der Waals surface area (Å²) >= 11 is 0. The van der Waals surface area contributed by atoms with Gasteiger partial charge in [0.25, 0.3) is 0 Å². The summed E-state index contributed by atoms with van der Waals surface area (Å²) in [5, 5.41) is 8.14. The first kappa shape index (κ1) is 15.0. The third-order valence-corrected chi connectivity index (χ3v) is 3.69. The molecule has 3 heterocycles. The molecule has 8 nitrogen and oxygen atoms in total. The maximum Gasteiger partial charge on any atom is 0.354 e. The van der Waals surface area contributed by atoms with E-state index in [9.17, 15) is 4.79 Å². The molecule has 0 N–H and O–H groups in total. The van der Waals surface area contributed by atoms with Crippen molar-refractivity contribution < 1.29 is 14.1 Å². The van der Waals surface area contributed by atoms with Crippen molar-refractivity contribution in [3.63, 3.8) is 0 Å². The van der Waals surface area contributed by atoms with Gasteiger partial charge in [-0.15, -0.1) is 0 Å². The first-order chi connectivity index (χ1) is 11.0. The van der Waals surface area contributed by atoms with E-state index in [1.54, 1.807) is 34.8 Å². The fourth-order valence-electron chi connectivity index (χ4n) is 2.33. The third kappa shape index (κ3) is 2.75. The van der Waals surface area contributed by atoms with Crippen LogP contribution in [0, 0.1) is 0 Å². The average Bonchev–Trinajstić information content (AvgIpc) is 3.24. The number of aromatic nitrogens is 5. The highest BCUT2D eigenvalue weighted by atomic mass is 16.5. The lowest BCUT2D eigenvalue weighted by atomic mass is 10.1. The number of nitrogens with zero attached hydrogens (tertiary/aromatic N) is 5. The fourth-order valence-corrected chi connectivity index (χ4v) is 2.33. The van der Waals surface area contributed by atoms with Crippen LogP contribution < -0.4 is 0 Å². The minimum atomic E-state index is -0.411. The Morgan fingerprint density at radius 2 is 2.13 bits per heavy atom. The van der Waals surface area contributed by atoms with Crippen LogP contribution in [-0.4, -0.2) is 37.6 Å². The van der Waals surface area contributed by atoms with Crippen LogP contribution in [0.15, 0.2) is 29.2 Å². The number of hydrogen-bond acceptors (Lipinski definition) is 6. The molecular formula is C15H17N5O3. The number of hydrogen-bond donors (Lipinski definition) is 0. The van der Waals surface area contributed by atoms with Crippen molar-refractivity contribution in [2.45, 2.75) is 12.8 Å². The Balaban J connectivity index is 1.89. The lowest BCUT2D eigenvalue weighted by molar-refractivity contribution is 0.0590. The molecule has 0 saturated carbocycles. The van der Waals surface area contributed by atoms with Gasteiger partial charge >= 0.3 is 5.97 Å². The third-order valence-electron chi connectivity index (χ3n) is 3.69. The van der Waals surface area contributed by atoms with Crippen LogP contribution in [0.4, 0.5) is 0 Å². The number of carbonyl (C=O) groups excluding carboxylic acids is 1. The zero-order valence-corrected chi connectivity index (χ0v) is 13.3. The summed E-state index contributed by atoms with van der Waals surface area (Å²) in [6, 6.07) is 1.68. The van der Waals surface area contributed by atoms with Crippen molar-refractivity contribution in [2.75, 3.05) is 7.11 Å². The van der Waals surface area contributed by atoms with Crippen LogP contribution >= 0.6 is 0 Å². The summed E-state index contributed by atoms with van der Waals surface area (Å²) in [6.45, 7) is 1.97. The highest BCUT2D eigenvalue weighted by Crippen LogP contribution is 2.25. The maximum atomic E-state index is 11.7. The average molecular weight is 315 g/mol. The lowest BCUT2D eigenvalue weighted by Crippen LogP contribution is -2.06. The predicted octanol–water partition coefficient (Wildman–Crippen LogP) is 1.75. The van der Waals surface area contributed by atoms with E-state index in [4.69, 9.17) is 9.26 Å². The minimum Gasteiger partial charge on any atom is -0.464 e. The van der Waals surface area contributed by atoms with E-state index >= 15 is 0 Å². The van der Waals surface area contributed by atoms with Crippen LogP contribution in [0.1, 0.15) is 34.8 Å². The van der Waals surface area contributed by atoms with Gasteiger partial charge in [0.2, 0.25) is 11.7 Å². The number of methoxy groups -OCH3 is 1. The van der Waals surface area contributed by atoms with Gasteiger partial charge in [-0.05, 0) is 13.0 Å². The van der Waals surface area contributed by atoms with Crippen molar-refractivity contribution >= 4 is 5.97 Å². The Hall–Kier alpha value is -2.90. The summed E-state index contributed by atoms with van der Waals surface area (Å²) in [6.07, 6.45) is 5.44. The normalized spacial score (nSPS) is 12.3. The number of carbonyl (C=O) groups is 1. The van der Waals surface area contributed by atoms with Crippen molar-refractivity contribution in [1.82, 2.24) is 24.5 Å². The number of esters is 1. The molecule has 0 aromatic carbocycles. The van der Waals surface area contributed by atoms with Gasteiger partial charge in [-0.1, -0.05) is 5.16 Å². The standard InChI is InChI=1S/C15H17N5O3/c1-9(11-6-16-20(3)8-11)14-17-13(18-23-14)10-5-12(15(21)22-4)19(2)7-10/h5-9H,1-4H3/t9-/m0/s1. The number of rotatable bonds is 4. The Labute approximate surface area is 132 Å². The molecule has 0 spiro atoms. The van der Waals surface area contributed by atoms with Crippen LogP contribution in [0.5, 0.6) is 0 Å². The zero-order chi connectivity index (χ0) is 16.6. The van der Waals surface area contributed by atoms with E-state index in [0.717, 1.165) is 5.56 Å². The van der Waals surface area contributed by atoms with Crippen molar-refractivity contribution in [3.05, 3.63) is 41.8 Å². The van der Waals surface area contributed by atoms with E-state index in [1.807, 2.05) is 20.2 Å². The largest absolute Gasteiger partial charge is 0.464 e. The minimum absolute atomic E-state index is 0.0614. The molecule has 0 aliphatic heterocycles. The lowest BCUT2D eigenvalue weighted by Gasteiger charge is -2.01. The van der Waals surface area contributed by atoms with Crippen LogP contribution in [0.2, 0.25) is 0 Å². The molecule has 0 fully saturated rings. The first-order valence-electron chi connectivity index (χ1n) is 7.06. The molecule has 0 aliphatic rings. The van der Waals surface area contributed by atoms with Gasteiger partial charge in [0.1, 0.15) is 5.69 Å². The van der Waals surface area contributed by atoms with Gasteiger partial charge in [-0.25, -0.2) is 4.79 Å². The van der Waals surface area contributed by atoms with E-state index in [1.165, 1.54) is 7.11 Å². The smallest absolute Gasteiger partial charge is 0.354 e. The first-order valence-corrected chi connectivity index (χ1v) is 7.06. The molecule has 1 atom stereocenters. The second kappa shape index (κ2) is 5.71. The number of ether oxygens (including phenoxy) is 1. The molecule has 0 saturated heterocycles. The highest BCUT2D eigenvalue weighted by molar-refractivity contribution is 5.89. The predicted molar refractivity (Wildman–Crippen MR) is 80.8 cm³/mol. The second-order valence-corrected chi connectivity index (χ2v) is 5.34. The van der Waals surface area contributed by atoms with Crippen molar-refractivity contribution in [2.24, 2.45) is 14.1 Å². The van der Waals surface area contributed by atoms with Gasteiger partial charge in [0.05, 0.1) is 19.2 Å². The molecule has 120 valence electrons. The molecule has 23 heavy (non-hydrogen) atoms. The molecule has 0 amide bonds. The summed E-state index contributed by atoms with van der Waals surface area (Å²) < 4.78 is 13.5. The van der Waals surface area contributed by atoms with E-state index in [2.05, 4.69) is 15.2 Å². The van der Waals surface area contributed by atoms with Gasteiger partial charge in [0, 0.05) is 37.6 Å². The fraction of sp³-hybridized carbons (Fsp3) is 0.333. The summed E-state index contributed by atoms with van der Waals surface area (Å²) in [7, 11) is 4.96. The molecule has 3 aromatic heterocycles. The quantitative estimate of drug-likeness (QED) is 0.682. The topological polar surface area (TPSA) is 88.0 Å². The zero-order valence-electron chi connectivity index (χ0n) is 13.3. The van der Waals surface area contributed by atoms with E-state index in [0.29, 0.717) is 23.0 Å². The molecule has 0 unspecified atom stereocenters. The second-order valence-electron chi connectivity index (χ2n) is 5.34. The van der Waals surface area contributed by atoms with Gasteiger partial charge < -0.3 is 13.8 Å². The van der Waals surface area contributed by atoms with Gasteiger partial charge in [-0.3, -0.25) is 4.68 Å². The van der Waals surface area contributed by atoms with Crippen molar-refractivity contribution in [1.29, 1.82) is 0 Å². The summed E-state index contributed by atoms with van der Waals surface area (Å²) in [4.78, 5) is 16.1. The Bertz CT molecular complexity index is 845. The van der Waals surface area contributed by atoms with Gasteiger partial charge in [-0.2, -0.15) is 10.1 Å². The molecular weight excluding hydrogens is 298 g/mol. The van der Waals surface area contributed by atoms with Crippen LogP contribution in [0.3, 0.4) is 0 Å². The van der Waals surface area contributed by atoms with Crippen LogP contribution in [0.25, 0.3) is 11.4 Å². The Kier molecular flexibility index (Phi) is 3.73. The molecule has 0 bridgehead atoms. The van der Waals surface area contributed by atoms with E-state index < -0.39 is 5.97 Å². The highest BCUT2D eigenvalue weighted by Gasteiger charge is 2.20. The Morgan fingerprint density at radius 1 is 1.35 bits per heavy atom. The summed E-state index contributed by atoms with van der Waals surface area (Å²) in [5.74, 6) is 0.456. The van der Waals surface area contributed by atoms with Gasteiger partial charge in [0.15, 0.2) is 0 Å². The Morgan fingerprint density at radius 3 is 2.78 bits per heavy atom. The maximum absolute atomic E-state index is 11.7. The summed E-state index contributed by atoms with van der Waals surface area (Å²) in [5.41, 5.74) is 2.11. The molecule has 0 radical (unpaired) electrons.